The van der Waals surface area contributed by atoms with E-state index in [-0.39, 0.29) is 11.5 Å². The Balaban J connectivity index is 2.34. The molecule has 0 saturated carbocycles. The van der Waals surface area contributed by atoms with Crippen molar-refractivity contribution in [2.75, 3.05) is 5.32 Å². The van der Waals surface area contributed by atoms with Gasteiger partial charge in [-0.2, -0.15) is 0 Å². The second kappa shape index (κ2) is 6.10. The zero-order valence-corrected chi connectivity index (χ0v) is 13.2. The molecule has 0 aromatic heterocycles. The minimum Gasteiger partial charge on any atom is -0.478 e. The Morgan fingerprint density at radius 1 is 1.10 bits per heavy atom. The summed E-state index contributed by atoms with van der Waals surface area (Å²) in [5.74, 6) is -1.30. The van der Waals surface area contributed by atoms with Crippen molar-refractivity contribution in [2.45, 2.75) is 13.8 Å². The highest BCUT2D eigenvalue weighted by atomic mass is 79.9. The number of aromatic carboxylic acids is 1. The fraction of sp³-hybridized carbons (Fsp3) is 0.125. The largest absolute Gasteiger partial charge is 0.478 e. The van der Waals surface area contributed by atoms with Crippen molar-refractivity contribution in [3.8, 4) is 0 Å². The maximum atomic E-state index is 12.2. The molecule has 0 aliphatic rings. The third kappa shape index (κ3) is 3.31. The third-order valence-electron chi connectivity index (χ3n) is 3.27. The van der Waals surface area contributed by atoms with Crippen LogP contribution in [0.4, 0.5) is 5.69 Å². The molecule has 108 valence electrons. The van der Waals surface area contributed by atoms with Gasteiger partial charge in [-0.25, -0.2) is 4.79 Å². The lowest BCUT2D eigenvalue weighted by Crippen LogP contribution is -2.14. The Morgan fingerprint density at radius 2 is 1.76 bits per heavy atom. The fourth-order valence-electron chi connectivity index (χ4n) is 2.00. The number of hydrogen-bond donors (Lipinski definition) is 2. The van der Waals surface area contributed by atoms with Crippen molar-refractivity contribution in [1.29, 1.82) is 0 Å². The number of aryl methyl sites for hydroxylation is 1. The minimum absolute atomic E-state index is 0.192. The number of carbonyl (C=O) groups is 2. The van der Waals surface area contributed by atoms with Gasteiger partial charge >= 0.3 is 5.97 Å². The van der Waals surface area contributed by atoms with Crippen LogP contribution in [0.3, 0.4) is 0 Å². The normalized spacial score (nSPS) is 10.2. The number of hydrogen-bond acceptors (Lipinski definition) is 2. The second-order valence-electron chi connectivity index (χ2n) is 4.70. The van der Waals surface area contributed by atoms with Crippen LogP contribution in [-0.4, -0.2) is 17.0 Å². The molecule has 5 heteroatoms. The first-order chi connectivity index (χ1) is 9.90. The number of nitrogens with one attached hydrogen (secondary N) is 1. The van der Waals surface area contributed by atoms with Crippen molar-refractivity contribution in [3.63, 3.8) is 0 Å². The molecular weight excluding hydrogens is 334 g/mol. The summed E-state index contributed by atoms with van der Waals surface area (Å²) in [6, 6.07) is 10.3. The van der Waals surface area contributed by atoms with Crippen LogP contribution in [0.2, 0.25) is 0 Å². The number of carboxylic acids is 1. The molecule has 2 N–H and O–H groups in total. The summed E-state index contributed by atoms with van der Waals surface area (Å²) in [5.41, 5.74) is 2.67. The molecule has 0 saturated heterocycles. The smallest absolute Gasteiger partial charge is 0.336 e. The van der Waals surface area contributed by atoms with E-state index in [0.29, 0.717) is 21.3 Å². The molecule has 0 aliphatic heterocycles. The van der Waals surface area contributed by atoms with E-state index in [1.807, 2.05) is 13.0 Å². The average molecular weight is 348 g/mol. The minimum atomic E-state index is -1.01. The summed E-state index contributed by atoms with van der Waals surface area (Å²) in [5, 5.41) is 11.9. The van der Waals surface area contributed by atoms with Gasteiger partial charge in [-0.05, 0) is 65.2 Å². The molecule has 0 aliphatic carbocycles. The highest BCUT2D eigenvalue weighted by molar-refractivity contribution is 9.10. The van der Waals surface area contributed by atoms with E-state index in [4.69, 9.17) is 0 Å². The highest BCUT2D eigenvalue weighted by Crippen LogP contribution is 2.22. The topological polar surface area (TPSA) is 66.4 Å². The fourth-order valence-corrected chi connectivity index (χ4v) is 2.46. The lowest BCUT2D eigenvalue weighted by Gasteiger charge is -2.11. The number of halogens is 1. The van der Waals surface area contributed by atoms with Crippen molar-refractivity contribution in [3.05, 3.63) is 63.1 Å². The van der Waals surface area contributed by atoms with E-state index >= 15 is 0 Å². The second-order valence-corrected chi connectivity index (χ2v) is 5.56. The SMILES string of the molecule is Cc1cc(NC(=O)c2ccccc2Br)cc(C(=O)O)c1C. The van der Waals surface area contributed by atoms with Crippen LogP contribution >= 0.6 is 15.9 Å². The molecule has 0 atom stereocenters. The molecule has 0 spiro atoms. The standard InChI is InChI=1S/C16H14BrNO3/c1-9-7-11(8-13(10(9)2)16(20)21)18-15(19)12-5-3-4-6-14(12)17/h3-8H,1-2H3,(H,18,19)(H,20,21). The van der Waals surface area contributed by atoms with Crippen molar-refractivity contribution < 1.29 is 14.7 Å². The van der Waals surface area contributed by atoms with E-state index in [0.717, 1.165) is 5.56 Å². The van der Waals surface area contributed by atoms with Gasteiger partial charge in [0.25, 0.3) is 5.91 Å². The first kappa shape index (κ1) is 15.3. The summed E-state index contributed by atoms with van der Waals surface area (Å²) < 4.78 is 0.685. The van der Waals surface area contributed by atoms with Gasteiger partial charge in [-0.15, -0.1) is 0 Å². The number of anilines is 1. The predicted molar refractivity (Wildman–Crippen MR) is 85.0 cm³/mol. The van der Waals surface area contributed by atoms with Crippen LogP contribution in [0, 0.1) is 13.8 Å². The van der Waals surface area contributed by atoms with Gasteiger partial charge in [-0.3, -0.25) is 4.79 Å². The molecular formula is C16H14BrNO3. The summed E-state index contributed by atoms with van der Waals surface area (Å²) in [7, 11) is 0. The van der Waals surface area contributed by atoms with Crippen molar-refractivity contribution in [2.24, 2.45) is 0 Å². The Kier molecular flexibility index (Phi) is 4.43. The van der Waals surface area contributed by atoms with Gasteiger partial charge in [0.2, 0.25) is 0 Å². The Bertz CT molecular complexity index is 725. The summed E-state index contributed by atoms with van der Waals surface area (Å²) >= 11 is 3.32. The monoisotopic (exact) mass is 347 g/mol. The molecule has 0 heterocycles. The molecule has 0 fully saturated rings. The third-order valence-corrected chi connectivity index (χ3v) is 3.97. The molecule has 0 bridgehead atoms. The van der Waals surface area contributed by atoms with Crippen molar-refractivity contribution in [1.82, 2.24) is 0 Å². The number of carboxylic acid groups (broad SMARTS) is 1. The molecule has 1 amide bonds. The predicted octanol–water partition coefficient (Wildman–Crippen LogP) is 4.02. The van der Waals surface area contributed by atoms with Gasteiger partial charge in [0.1, 0.15) is 0 Å². The summed E-state index contributed by atoms with van der Waals surface area (Å²) in [6.07, 6.45) is 0. The molecule has 0 radical (unpaired) electrons. The van der Waals surface area contributed by atoms with Gasteiger partial charge in [0.05, 0.1) is 11.1 Å². The van der Waals surface area contributed by atoms with E-state index in [1.165, 1.54) is 6.07 Å². The maximum absolute atomic E-state index is 12.2. The molecule has 4 nitrogen and oxygen atoms in total. The van der Waals surface area contributed by atoms with E-state index < -0.39 is 5.97 Å². The average Bonchev–Trinajstić information content (AvgIpc) is 2.42. The van der Waals surface area contributed by atoms with Gasteiger partial charge in [0.15, 0.2) is 0 Å². The summed E-state index contributed by atoms with van der Waals surface area (Å²) in [4.78, 5) is 23.4. The number of amides is 1. The Hall–Kier alpha value is -2.14. The zero-order valence-electron chi connectivity index (χ0n) is 11.6. The lowest BCUT2D eigenvalue weighted by molar-refractivity contribution is 0.0695. The Morgan fingerprint density at radius 3 is 2.38 bits per heavy atom. The van der Waals surface area contributed by atoms with E-state index in [1.54, 1.807) is 31.2 Å². The van der Waals surface area contributed by atoms with Gasteiger partial charge in [-0.1, -0.05) is 12.1 Å². The molecule has 2 aromatic rings. The number of carbonyl (C=O) groups excluding carboxylic acids is 1. The van der Waals surface area contributed by atoms with Crippen LogP contribution in [0.15, 0.2) is 40.9 Å². The van der Waals surface area contributed by atoms with E-state index in [2.05, 4.69) is 21.2 Å². The molecule has 2 aromatic carbocycles. The first-order valence-corrected chi connectivity index (χ1v) is 7.10. The van der Waals surface area contributed by atoms with Crippen LogP contribution in [0.25, 0.3) is 0 Å². The molecule has 0 unspecified atom stereocenters. The molecule has 2 rings (SSSR count). The number of rotatable bonds is 3. The first-order valence-electron chi connectivity index (χ1n) is 6.30. The number of benzene rings is 2. The zero-order chi connectivity index (χ0) is 15.6. The van der Waals surface area contributed by atoms with E-state index in [9.17, 15) is 14.7 Å². The van der Waals surface area contributed by atoms with Crippen LogP contribution in [-0.2, 0) is 0 Å². The van der Waals surface area contributed by atoms with Gasteiger partial charge < -0.3 is 10.4 Å². The van der Waals surface area contributed by atoms with Crippen LogP contribution < -0.4 is 5.32 Å². The lowest BCUT2D eigenvalue weighted by atomic mass is 10.0. The highest BCUT2D eigenvalue weighted by Gasteiger charge is 2.14. The maximum Gasteiger partial charge on any atom is 0.336 e. The molecule has 21 heavy (non-hydrogen) atoms. The quantitative estimate of drug-likeness (QED) is 0.881. The van der Waals surface area contributed by atoms with Crippen LogP contribution in [0.5, 0.6) is 0 Å². The Labute approximate surface area is 130 Å². The van der Waals surface area contributed by atoms with Crippen LogP contribution in [0.1, 0.15) is 31.8 Å². The van der Waals surface area contributed by atoms with Gasteiger partial charge in [0, 0.05) is 10.2 Å². The van der Waals surface area contributed by atoms with Crippen molar-refractivity contribution >= 4 is 33.5 Å². The summed E-state index contributed by atoms with van der Waals surface area (Å²) in [6.45, 7) is 3.56.